The molecule has 1 heteroatoms. The summed E-state index contributed by atoms with van der Waals surface area (Å²) < 4.78 is 0. The molecule has 1 aliphatic carbocycles. The third-order valence-electron chi connectivity index (χ3n) is 3.25. The Bertz CT molecular complexity index is 129. The van der Waals surface area contributed by atoms with E-state index in [1.165, 1.54) is 38.6 Å². The summed E-state index contributed by atoms with van der Waals surface area (Å²) in [7, 11) is 2.08. The molecule has 0 aliphatic heterocycles. The highest BCUT2D eigenvalue weighted by molar-refractivity contribution is 4.92. The van der Waals surface area contributed by atoms with Crippen LogP contribution < -0.4 is 5.32 Å². The Balaban J connectivity index is 2.34. The SMILES string of the molecule is CCCCC(C)(CNC)C1CC1. The molecular formula is C11H23N. The largest absolute Gasteiger partial charge is 0.319 e. The van der Waals surface area contributed by atoms with Gasteiger partial charge in [-0.15, -0.1) is 0 Å². The first kappa shape index (κ1) is 10.0. The lowest BCUT2D eigenvalue weighted by molar-refractivity contribution is 0.236. The van der Waals surface area contributed by atoms with Gasteiger partial charge in [-0.05, 0) is 37.6 Å². The highest BCUT2D eigenvalue weighted by Gasteiger charge is 2.39. The molecule has 0 aromatic rings. The molecular weight excluding hydrogens is 146 g/mol. The molecule has 0 saturated heterocycles. The van der Waals surface area contributed by atoms with E-state index >= 15 is 0 Å². The van der Waals surface area contributed by atoms with Gasteiger partial charge in [-0.1, -0.05) is 26.7 Å². The van der Waals surface area contributed by atoms with Crippen molar-refractivity contribution >= 4 is 0 Å². The van der Waals surface area contributed by atoms with Crippen molar-refractivity contribution in [3.05, 3.63) is 0 Å². The molecule has 0 heterocycles. The first-order valence-electron chi connectivity index (χ1n) is 5.37. The monoisotopic (exact) mass is 169 g/mol. The van der Waals surface area contributed by atoms with E-state index in [1.54, 1.807) is 0 Å². The fourth-order valence-corrected chi connectivity index (χ4v) is 2.20. The van der Waals surface area contributed by atoms with Crippen LogP contribution in [0, 0.1) is 11.3 Å². The lowest BCUT2D eigenvalue weighted by atomic mass is 9.80. The lowest BCUT2D eigenvalue weighted by Gasteiger charge is -2.29. The van der Waals surface area contributed by atoms with Crippen molar-refractivity contribution in [1.29, 1.82) is 0 Å². The number of unbranched alkanes of at least 4 members (excludes halogenated alkanes) is 1. The number of nitrogens with one attached hydrogen (secondary N) is 1. The summed E-state index contributed by atoms with van der Waals surface area (Å²) in [6.45, 7) is 5.95. The highest BCUT2D eigenvalue weighted by Crippen LogP contribution is 2.47. The van der Waals surface area contributed by atoms with Gasteiger partial charge in [0.15, 0.2) is 0 Å². The third kappa shape index (κ3) is 2.48. The summed E-state index contributed by atoms with van der Waals surface area (Å²) in [4.78, 5) is 0. The molecule has 1 fully saturated rings. The van der Waals surface area contributed by atoms with Crippen LogP contribution in [0.5, 0.6) is 0 Å². The number of hydrogen-bond donors (Lipinski definition) is 1. The van der Waals surface area contributed by atoms with Crippen molar-refractivity contribution in [2.75, 3.05) is 13.6 Å². The van der Waals surface area contributed by atoms with Crippen LogP contribution in [0.3, 0.4) is 0 Å². The topological polar surface area (TPSA) is 12.0 Å². The zero-order valence-electron chi connectivity index (χ0n) is 8.82. The third-order valence-corrected chi connectivity index (χ3v) is 3.25. The second-order valence-corrected chi connectivity index (χ2v) is 4.56. The van der Waals surface area contributed by atoms with Gasteiger partial charge in [-0.3, -0.25) is 0 Å². The van der Waals surface area contributed by atoms with Gasteiger partial charge < -0.3 is 5.32 Å². The van der Waals surface area contributed by atoms with Crippen molar-refractivity contribution in [3.8, 4) is 0 Å². The molecule has 0 amide bonds. The summed E-state index contributed by atoms with van der Waals surface area (Å²) in [5.41, 5.74) is 0.602. The van der Waals surface area contributed by atoms with Gasteiger partial charge in [0.1, 0.15) is 0 Å². The zero-order valence-corrected chi connectivity index (χ0v) is 8.82. The molecule has 1 nitrogen and oxygen atoms in total. The predicted octanol–water partition coefficient (Wildman–Crippen LogP) is 2.81. The van der Waals surface area contributed by atoms with E-state index < -0.39 is 0 Å². The second kappa shape index (κ2) is 4.27. The molecule has 12 heavy (non-hydrogen) atoms. The quantitative estimate of drug-likeness (QED) is 0.644. The average molecular weight is 169 g/mol. The lowest BCUT2D eigenvalue weighted by Crippen LogP contribution is -2.31. The van der Waals surface area contributed by atoms with Gasteiger partial charge >= 0.3 is 0 Å². The Morgan fingerprint density at radius 3 is 2.50 bits per heavy atom. The van der Waals surface area contributed by atoms with Gasteiger partial charge in [-0.25, -0.2) is 0 Å². The molecule has 1 N–H and O–H groups in total. The maximum Gasteiger partial charge on any atom is 0.000481 e. The first-order valence-corrected chi connectivity index (χ1v) is 5.37. The molecule has 1 saturated carbocycles. The molecule has 1 rings (SSSR count). The Hall–Kier alpha value is -0.0400. The van der Waals surface area contributed by atoms with Crippen LogP contribution in [0.1, 0.15) is 46.0 Å². The first-order chi connectivity index (χ1) is 5.73. The second-order valence-electron chi connectivity index (χ2n) is 4.56. The number of hydrogen-bond acceptors (Lipinski definition) is 1. The van der Waals surface area contributed by atoms with Gasteiger partial charge in [0.2, 0.25) is 0 Å². The molecule has 0 aromatic carbocycles. The van der Waals surface area contributed by atoms with Crippen LogP contribution in [0.2, 0.25) is 0 Å². The van der Waals surface area contributed by atoms with Crippen molar-refractivity contribution in [2.24, 2.45) is 11.3 Å². The fraction of sp³-hybridized carbons (Fsp3) is 1.00. The Morgan fingerprint density at radius 1 is 1.42 bits per heavy atom. The molecule has 0 spiro atoms. The summed E-state index contributed by atoms with van der Waals surface area (Å²) in [5.74, 6) is 1.02. The maximum absolute atomic E-state index is 3.34. The minimum atomic E-state index is 0.602. The van der Waals surface area contributed by atoms with Crippen molar-refractivity contribution in [1.82, 2.24) is 5.32 Å². The van der Waals surface area contributed by atoms with Crippen LogP contribution in [0.25, 0.3) is 0 Å². The molecule has 1 atom stereocenters. The molecule has 0 bridgehead atoms. The summed E-state index contributed by atoms with van der Waals surface area (Å²) in [5, 5.41) is 3.34. The maximum atomic E-state index is 3.34. The van der Waals surface area contributed by atoms with Gasteiger partial charge in [0.05, 0.1) is 0 Å². The van der Waals surface area contributed by atoms with Gasteiger partial charge in [0, 0.05) is 6.54 Å². The van der Waals surface area contributed by atoms with E-state index in [0.717, 1.165) is 5.92 Å². The van der Waals surface area contributed by atoms with E-state index in [2.05, 4.69) is 26.2 Å². The zero-order chi connectivity index (χ0) is 9.03. The van der Waals surface area contributed by atoms with Crippen LogP contribution in [-0.4, -0.2) is 13.6 Å². The molecule has 72 valence electrons. The van der Waals surface area contributed by atoms with Gasteiger partial charge in [0.25, 0.3) is 0 Å². The van der Waals surface area contributed by atoms with Crippen LogP contribution >= 0.6 is 0 Å². The van der Waals surface area contributed by atoms with E-state index in [1.807, 2.05) is 0 Å². The van der Waals surface area contributed by atoms with E-state index in [-0.39, 0.29) is 0 Å². The van der Waals surface area contributed by atoms with Crippen LogP contribution in [0.4, 0.5) is 0 Å². The summed E-state index contributed by atoms with van der Waals surface area (Å²) >= 11 is 0. The predicted molar refractivity (Wildman–Crippen MR) is 54.3 cm³/mol. The molecule has 1 aliphatic rings. The average Bonchev–Trinajstić information content (AvgIpc) is 2.84. The smallest absolute Gasteiger partial charge is 0.000481 e. The van der Waals surface area contributed by atoms with Crippen LogP contribution in [0.15, 0.2) is 0 Å². The fourth-order valence-electron chi connectivity index (χ4n) is 2.20. The Morgan fingerprint density at radius 2 is 2.08 bits per heavy atom. The minimum absolute atomic E-state index is 0.602. The normalized spacial score (nSPS) is 22.2. The molecule has 0 aromatic heterocycles. The van der Waals surface area contributed by atoms with E-state index in [0.29, 0.717) is 5.41 Å². The Kier molecular flexibility index (Phi) is 3.57. The van der Waals surface area contributed by atoms with Crippen LogP contribution in [-0.2, 0) is 0 Å². The summed E-state index contributed by atoms with van der Waals surface area (Å²) in [6.07, 6.45) is 7.10. The molecule has 1 unspecified atom stereocenters. The highest BCUT2D eigenvalue weighted by atomic mass is 14.8. The summed E-state index contributed by atoms with van der Waals surface area (Å²) in [6, 6.07) is 0. The Labute approximate surface area is 76.9 Å². The standard InChI is InChI=1S/C11H23N/c1-4-5-8-11(2,9-12-3)10-6-7-10/h10,12H,4-9H2,1-3H3. The molecule has 0 radical (unpaired) electrons. The van der Waals surface area contributed by atoms with E-state index in [4.69, 9.17) is 0 Å². The van der Waals surface area contributed by atoms with Crippen molar-refractivity contribution in [3.63, 3.8) is 0 Å². The van der Waals surface area contributed by atoms with Crippen molar-refractivity contribution < 1.29 is 0 Å². The minimum Gasteiger partial charge on any atom is -0.319 e. The number of rotatable bonds is 6. The van der Waals surface area contributed by atoms with Crippen molar-refractivity contribution in [2.45, 2.75) is 46.0 Å². The van der Waals surface area contributed by atoms with Gasteiger partial charge in [-0.2, -0.15) is 0 Å². The van der Waals surface area contributed by atoms with E-state index in [9.17, 15) is 0 Å².